The zero-order chi connectivity index (χ0) is 25.3. The van der Waals surface area contributed by atoms with Gasteiger partial charge in [0.25, 0.3) is 11.7 Å². The summed E-state index contributed by atoms with van der Waals surface area (Å²) in [7, 11) is 1.59. The van der Waals surface area contributed by atoms with Crippen molar-refractivity contribution in [3.05, 3.63) is 83.3 Å². The van der Waals surface area contributed by atoms with Crippen LogP contribution in [0.2, 0.25) is 0 Å². The second kappa shape index (κ2) is 9.33. The Kier molecular flexibility index (Phi) is 6.43. The predicted octanol–water partition coefficient (Wildman–Crippen LogP) is 5.61. The Hall–Kier alpha value is -4.00. The summed E-state index contributed by atoms with van der Waals surface area (Å²) in [6, 6.07) is 14.6. The fourth-order valence-electron chi connectivity index (χ4n) is 4.30. The Labute approximate surface area is 204 Å². The highest BCUT2D eigenvalue weighted by molar-refractivity contribution is 6.51. The number of rotatable bonds is 6. The topological polar surface area (TPSA) is 89.2 Å². The lowest BCUT2D eigenvalue weighted by Gasteiger charge is -2.24. The van der Waals surface area contributed by atoms with Crippen molar-refractivity contribution < 1.29 is 28.6 Å². The van der Waals surface area contributed by atoms with Crippen molar-refractivity contribution in [3.63, 3.8) is 0 Å². The van der Waals surface area contributed by atoms with Gasteiger partial charge in [-0.05, 0) is 54.8 Å². The van der Waals surface area contributed by atoms with Gasteiger partial charge < -0.3 is 19.0 Å². The van der Waals surface area contributed by atoms with Crippen LogP contribution < -0.4 is 14.4 Å². The third kappa shape index (κ3) is 4.41. The van der Waals surface area contributed by atoms with Crippen LogP contribution in [-0.4, -0.2) is 30.5 Å². The van der Waals surface area contributed by atoms with Crippen LogP contribution in [0.25, 0.3) is 5.76 Å². The van der Waals surface area contributed by atoms with Crippen LogP contribution in [0.5, 0.6) is 11.5 Å². The van der Waals surface area contributed by atoms with E-state index in [2.05, 4.69) is 0 Å². The van der Waals surface area contributed by atoms with Gasteiger partial charge in [0.15, 0.2) is 0 Å². The Morgan fingerprint density at radius 3 is 2.49 bits per heavy atom. The lowest BCUT2D eigenvalue weighted by atomic mass is 9.84. The molecule has 35 heavy (non-hydrogen) atoms. The molecule has 182 valence electrons. The minimum Gasteiger partial charge on any atom is -0.507 e. The number of carbonyl (C=O) groups is 2. The molecule has 1 atom stereocenters. The summed E-state index contributed by atoms with van der Waals surface area (Å²) in [6.45, 7) is 8.41. The summed E-state index contributed by atoms with van der Waals surface area (Å²) in [5.41, 5.74) is 1.40. The number of hydrogen-bond acceptors (Lipinski definition) is 6. The number of aliphatic hydroxyl groups excluding tert-OH is 1. The number of benzene rings is 2. The van der Waals surface area contributed by atoms with E-state index >= 15 is 0 Å². The summed E-state index contributed by atoms with van der Waals surface area (Å²) < 4.78 is 16.7. The quantitative estimate of drug-likeness (QED) is 0.283. The van der Waals surface area contributed by atoms with Crippen LogP contribution >= 0.6 is 0 Å². The highest BCUT2D eigenvalue weighted by Crippen LogP contribution is 2.43. The molecule has 2 heterocycles. The molecule has 0 spiro atoms. The summed E-state index contributed by atoms with van der Waals surface area (Å²) in [4.78, 5) is 27.9. The molecule has 1 aliphatic rings. The van der Waals surface area contributed by atoms with Gasteiger partial charge in [0.1, 0.15) is 29.1 Å². The zero-order valence-corrected chi connectivity index (χ0v) is 20.5. The Balaban J connectivity index is 1.91. The van der Waals surface area contributed by atoms with Crippen LogP contribution in [-0.2, 0) is 15.0 Å². The van der Waals surface area contributed by atoms with Gasteiger partial charge in [-0.2, -0.15) is 0 Å². The molecular formula is C28H29NO6. The van der Waals surface area contributed by atoms with Crippen molar-refractivity contribution in [1.29, 1.82) is 0 Å². The van der Waals surface area contributed by atoms with Gasteiger partial charge in [-0.25, -0.2) is 0 Å². The fraction of sp³-hybridized carbons (Fsp3) is 0.286. The average Bonchev–Trinajstić information content (AvgIpc) is 3.45. The number of aliphatic hydroxyl groups is 1. The van der Waals surface area contributed by atoms with E-state index in [1.165, 1.54) is 11.2 Å². The largest absolute Gasteiger partial charge is 0.507 e. The molecule has 4 rings (SSSR count). The first kappa shape index (κ1) is 24.1. The summed E-state index contributed by atoms with van der Waals surface area (Å²) in [5.74, 6) is -0.233. The fourth-order valence-corrected chi connectivity index (χ4v) is 4.30. The number of nitrogens with zero attached hydrogens (tertiary/aromatic N) is 1. The molecule has 7 nitrogen and oxygen atoms in total. The molecule has 1 unspecified atom stereocenters. The number of hydrogen-bond donors (Lipinski definition) is 1. The number of amides is 1. The molecule has 2 aromatic carbocycles. The van der Waals surface area contributed by atoms with Crippen molar-refractivity contribution in [3.8, 4) is 11.5 Å². The van der Waals surface area contributed by atoms with E-state index in [-0.39, 0.29) is 16.7 Å². The molecule has 1 saturated heterocycles. The third-order valence-electron chi connectivity index (χ3n) is 5.94. The number of methoxy groups -OCH3 is 1. The van der Waals surface area contributed by atoms with Crippen LogP contribution in [0.3, 0.4) is 0 Å². The van der Waals surface area contributed by atoms with Crippen LogP contribution in [0.1, 0.15) is 50.6 Å². The van der Waals surface area contributed by atoms with E-state index in [1.54, 1.807) is 61.7 Å². The molecule has 1 N–H and O–H groups in total. The second-order valence-electron chi connectivity index (χ2n) is 9.28. The molecule has 0 aliphatic carbocycles. The monoisotopic (exact) mass is 475 g/mol. The smallest absolute Gasteiger partial charge is 0.300 e. The lowest BCUT2D eigenvalue weighted by Crippen LogP contribution is -2.29. The first-order valence-electron chi connectivity index (χ1n) is 11.4. The third-order valence-corrected chi connectivity index (χ3v) is 5.94. The average molecular weight is 476 g/mol. The zero-order valence-electron chi connectivity index (χ0n) is 20.5. The van der Waals surface area contributed by atoms with Crippen LogP contribution in [0.15, 0.2) is 70.9 Å². The standard InChI is InChI=1S/C28H29NO6/c1-6-34-19-10-7-9-18(16-19)29-24(22-11-8-14-35-22)23(26(31)27(29)32)25(30)17-12-13-21(33-5)20(15-17)28(2,3)4/h7-16,24,30H,6H2,1-5H3/b25-23-. The van der Waals surface area contributed by atoms with E-state index in [0.717, 1.165) is 5.56 Å². The Morgan fingerprint density at radius 1 is 1.09 bits per heavy atom. The number of anilines is 1. The molecular weight excluding hydrogens is 446 g/mol. The number of ether oxygens (including phenoxy) is 2. The van der Waals surface area contributed by atoms with Crippen molar-refractivity contribution in [2.75, 3.05) is 18.6 Å². The first-order valence-corrected chi connectivity index (χ1v) is 11.4. The van der Waals surface area contributed by atoms with E-state index in [0.29, 0.717) is 35.1 Å². The second-order valence-corrected chi connectivity index (χ2v) is 9.28. The molecule has 0 bridgehead atoms. The Bertz CT molecular complexity index is 1280. The molecule has 0 saturated carbocycles. The normalized spacial score (nSPS) is 17.6. The van der Waals surface area contributed by atoms with E-state index in [9.17, 15) is 14.7 Å². The maximum absolute atomic E-state index is 13.3. The minimum absolute atomic E-state index is 0.0446. The van der Waals surface area contributed by atoms with E-state index in [1.807, 2.05) is 27.7 Å². The first-order chi connectivity index (χ1) is 16.7. The van der Waals surface area contributed by atoms with Gasteiger partial charge in [-0.15, -0.1) is 0 Å². The highest BCUT2D eigenvalue weighted by atomic mass is 16.5. The predicted molar refractivity (Wildman–Crippen MR) is 133 cm³/mol. The maximum Gasteiger partial charge on any atom is 0.300 e. The van der Waals surface area contributed by atoms with Gasteiger partial charge in [-0.3, -0.25) is 14.5 Å². The molecule has 1 aromatic heterocycles. The molecule has 7 heteroatoms. The number of carbonyl (C=O) groups excluding carboxylic acids is 2. The molecule has 1 fully saturated rings. The molecule has 1 aliphatic heterocycles. The molecule has 3 aromatic rings. The van der Waals surface area contributed by atoms with Crippen molar-refractivity contribution in [2.24, 2.45) is 0 Å². The van der Waals surface area contributed by atoms with E-state index < -0.39 is 17.7 Å². The summed E-state index contributed by atoms with van der Waals surface area (Å²) in [6.07, 6.45) is 1.47. The highest BCUT2D eigenvalue weighted by Gasteiger charge is 2.48. The Morgan fingerprint density at radius 2 is 1.86 bits per heavy atom. The summed E-state index contributed by atoms with van der Waals surface area (Å²) in [5, 5.41) is 11.4. The number of Topliss-reactive ketones (excluding diaryl/α,β-unsaturated/α-hetero) is 1. The number of furan rings is 1. The van der Waals surface area contributed by atoms with Gasteiger partial charge in [0, 0.05) is 22.9 Å². The lowest BCUT2D eigenvalue weighted by molar-refractivity contribution is -0.132. The van der Waals surface area contributed by atoms with Crippen molar-refractivity contribution in [2.45, 2.75) is 39.2 Å². The van der Waals surface area contributed by atoms with Crippen LogP contribution in [0.4, 0.5) is 5.69 Å². The molecule has 0 radical (unpaired) electrons. The number of ketones is 1. The minimum atomic E-state index is -0.943. The summed E-state index contributed by atoms with van der Waals surface area (Å²) >= 11 is 0. The van der Waals surface area contributed by atoms with Gasteiger partial charge in [0.05, 0.1) is 25.6 Å². The maximum atomic E-state index is 13.3. The molecule has 1 amide bonds. The van der Waals surface area contributed by atoms with Gasteiger partial charge >= 0.3 is 0 Å². The van der Waals surface area contributed by atoms with Gasteiger partial charge in [-0.1, -0.05) is 26.8 Å². The SMILES string of the molecule is CCOc1cccc(N2C(=O)C(=O)/C(=C(\O)c3ccc(OC)c(C(C)(C)C)c3)C2c2ccco2)c1. The van der Waals surface area contributed by atoms with Crippen LogP contribution in [0, 0.1) is 0 Å². The van der Waals surface area contributed by atoms with Gasteiger partial charge in [0.2, 0.25) is 0 Å². The van der Waals surface area contributed by atoms with E-state index in [4.69, 9.17) is 13.9 Å². The van der Waals surface area contributed by atoms with Crippen molar-refractivity contribution in [1.82, 2.24) is 0 Å². The van der Waals surface area contributed by atoms with Crippen molar-refractivity contribution >= 4 is 23.1 Å².